The molecule has 0 radical (unpaired) electrons. The van der Waals surface area contributed by atoms with Gasteiger partial charge in [-0.05, 0) is 37.0 Å². The third-order valence-electron chi connectivity index (χ3n) is 4.47. The van der Waals surface area contributed by atoms with E-state index in [9.17, 15) is 14.0 Å². The number of piperidine rings is 1. The topological polar surface area (TPSA) is 76.4 Å². The van der Waals surface area contributed by atoms with Gasteiger partial charge in [-0.15, -0.1) is 0 Å². The van der Waals surface area contributed by atoms with Crippen LogP contribution < -0.4 is 5.32 Å². The predicted octanol–water partition coefficient (Wildman–Crippen LogP) is 2.10. The van der Waals surface area contributed by atoms with E-state index in [0.29, 0.717) is 36.6 Å². The maximum absolute atomic E-state index is 13.7. The van der Waals surface area contributed by atoms with Gasteiger partial charge in [0.15, 0.2) is 0 Å². The quantitative estimate of drug-likeness (QED) is 0.907. The molecule has 6 nitrogen and oxygen atoms in total. The molecular formula is C18H23FN4O2. The van der Waals surface area contributed by atoms with Crippen LogP contribution in [0.2, 0.25) is 0 Å². The standard InChI is InChI=1S/C18H23FN4O2/c1-22(2)17(24)10-13-5-7-23(8-6-13)18(25)21-12-15-9-14(11-20)3-4-16(15)19/h3-4,9,13H,5-8,10,12H2,1-2H3,(H,21,25). The first-order valence-corrected chi connectivity index (χ1v) is 8.32. The Morgan fingerprint density at radius 2 is 2.04 bits per heavy atom. The van der Waals surface area contributed by atoms with Crippen molar-refractivity contribution in [1.29, 1.82) is 5.26 Å². The fraction of sp³-hybridized carbons (Fsp3) is 0.500. The Morgan fingerprint density at radius 1 is 1.36 bits per heavy atom. The molecule has 1 aromatic carbocycles. The summed E-state index contributed by atoms with van der Waals surface area (Å²) in [6.45, 7) is 1.20. The number of hydrogen-bond acceptors (Lipinski definition) is 3. The van der Waals surface area contributed by atoms with E-state index in [-0.39, 0.29) is 18.5 Å². The normalized spacial score (nSPS) is 14.7. The number of likely N-dealkylation sites (tertiary alicyclic amines) is 1. The van der Waals surface area contributed by atoms with E-state index in [1.165, 1.54) is 18.2 Å². The van der Waals surface area contributed by atoms with Crippen LogP contribution >= 0.6 is 0 Å². The summed E-state index contributed by atoms with van der Waals surface area (Å²) < 4.78 is 13.7. The SMILES string of the molecule is CN(C)C(=O)CC1CCN(C(=O)NCc2cc(C#N)ccc2F)CC1. The van der Waals surface area contributed by atoms with Crippen LogP contribution in [0.15, 0.2) is 18.2 Å². The van der Waals surface area contributed by atoms with Crippen molar-refractivity contribution < 1.29 is 14.0 Å². The van der Waals surface area contributed by atoms with Gasteiger partial charge in [-0.3, -0.25) is 4.79 Å². The molecule has 1 saturated heterocycles. The van der Waals surface area contributed by atoms with Crippen molar-refractivity contribution in [2.24, 2.45) is 5.92 Å². The van der Waals surface area contributed by atoms with Crippen molar-refractivity contribution in [3.05, 3.63) is 35.1 Å². The highest BCUT2D eigenvalue weighted by atomic mass is 19.1. The van der Waals surface area contributed by atoms with Crippen LogP contribution in [0.1, 0.15) is 30.4 Å². The summed E-state index contributed by atoms with van der Waals surface area (Å²) in [5, 5.41) is 11.6. The van der Waals surface area contributed by atoms with Gasteiger partial charge in [0.25, 0.3) is 0 Å². The Labute approximate surface area is 147 Å². The number of benzene rings is 1. The first-order chi connectivity index (χ1) is 11.9. The van der Waals surface area contributed by atoms with Crippen LogP contribution in [0.25, 0.3) is 0 Å². The second-order valence-electron chi connectivity index (χ2n) is 6.50. The zero-order valence-electron chi connectivity index (χ0n) is 14.6. The van der Waals surface area contributed by atoms with Crippen molar-refractivity contribution in [3.63, 3.8) is 0 Å². The van der Waals surface area contributed by atoms with Gasteiger partial charge in [0.1, 0.15) is 5.82 Å². The number of carbonyl (C=O) groups excluding carboxylic acids is 2. The van der Waals surface area contributed by atoms with Gasteiger partial charge in [0.2, 0.25) is 5.91 Å². The lowest BCUT2D eigenvalue weighted by Gasteiger charge is -2.32. The van der Waals surface area contributed by atoms with E-state index in [1.807, 2.05) is 6.07 Å². The number of carbonyl (C=O) groups is 2. The molecule has 1 aromatic rings. The van der Waals surface area contributed by atoms with Crippen molar-refractivity contribution in [1.82, 2.24) is 15.1 Å². The highest BCUT2D eigenvalue weighted by Crippen LogP contribution is 2.21. The molecule has 1 aliphatic heterocycles. The van der Waals surface area contributed by atoms with E-state index in [2.05, 4.69) is 5.32 Å². The van der Waals surface area contributed by atoms with Crippen LogP contribution in [0.3, 0.4) is 0 Å². The van der Waals surface area contributed by atoms with Crippen LogP contribution in [-0.2, 0) is 11.3 Å². The summed E-state index contributed by atoms with van der Waals surface area (Å²) in [4.78, 5) is 27.2. The lowest BCUT2D eigenvalue weighted by molar-refractivity contribution is -0.129. The summed E-state index contributed by atoms with van der Waals surface area (Å²) in [7, 11) is 3.48. The number of urea groups is 1. The molecule has 0 spiro atoms. The Hall–Kier alpha value is -2.62. The highest BCUT2D eigenvalue weighted by Gasteiger charge is 2.24. The molecule has 1 aliphatic rings. The number of halogens is 1. The maximum atomic E-state index is 13.7. The molecule has 0 saturated carbocycles. The molecule has 3 amide bonds. The Balaban J connectivity index is 1.81. The lowest BCUT2D eigenvalue weighted by atomic mass is 9.93. The summed E-state index contributed by atoms with van der Waals surface area (Å²) >= 11 is 0. The third kappa shape index (κ3) is 5.18. The monoisotopic (exact) mass is 346 g/mol. The van der Waals surface area contributed by atoms with E-state index in [1.54, 1.807) is 23.9 Å². The van der Waals surface area contributed by atoms with Crippen molar-refractivity contribution in [2.45, 2.75) is 25.8 Å². The Bertz CT molecular complexity index is 676. The minimum atomic E-state index is -0.444. The van der Waals surface area contributed by atoms with Gasteiger partial charge >= 0.3 is 6.03 Å². The number of nitriles is 1. The molecule has 0 aliphatic carbocycles. The summed E-state index contributed by atoms with van der Waals surface area (Å²) in [6, 6.07) is 5.77. The summed E-state index contributed by atoms with van der Waals surface area (Å²) in [5.41, 5.74) is 0.649. The number of nitrogens with zero attached hydrogens (tertiary/aromatic N) is 3. The number of rotatable bonds is 4. The van der Waals surface area contributed by atoms with Gasteiger partial charge in [-0.1, -0.05) is 0 Å². The number of nitrogens with one attached hydrogen (secondary N) is 1. The average Bonchev–Trinajstić information content (AvgIpc) is 2.61. The summed E-state index contributed by atoms with van der Waals surface area (Å²) in [5.74, 6) is -0.0420. The third-order valence-corrected chi connectivity index (χ3v) is 4.47. The first-order valence-electron chi connectivity index (χ1n) is 8.32. The van der Waals surface area contributed by atoms with Gasteiger partial charge < -0.3 is 15.1 Å². The van der Waals surface area contributed by atoms with Gasteiger partial charge in [0, 0.05) is 45.7 Å². The van der Waals surface area contributed by atoms with Crippen LogP contribution in [0.5, 0.6) is 0 Å². The molecule has 2 rings (SSSR count). The molecule has 1 fully saturated rings. The molecule has 134 valence electrons. The molecule has 1 heterocycles. The van der Waals surface area contributed by atoms with Crippen LogP contribution in [-0.4, -0.2) is 48.9 Å². The summed E-state index contributed by atoms with van der Waals surface area (Å²) in [6.07, 6.45) is 2.07. The minimum Gasteiger partial charge on any atom is -0.349 e. The Kier molecular flexibility index (Phi) is 6.34. The Morgan fingerprint density at radius 3 is 2.64 bits per heavy atom. The fourth-order valence-corrected chi connectivity index (χ4v) is 2.83. The van der Waals surface area contributed by atoms with Crippen molar-refractivity contribution in [3.8, 4) is 6.07 Å². The molecule has 1 N–H and O–H groups in total. The number of hydrogen-bond donors (Lipinski definition) is 1. The van der Waals surface area contributed by atoms with Gasteiger partial charge in [0.05, 0.1) is 11.6 Å². The van der Waals surface area contributed by atoms with Crippen LogP contribution in [0, 0.1) is 23.1 Å². The van der Waals surface area contributed by atoms with Gasteiger partial charge in [-0.2, -0.15) is 5.26 Å². The van der Waals surface area contributed by atoms with Crippen molar-refractivity contribution >= 4 is 11.9 Å². The highest BCUT2D eigenvalue weighted by molar-refractivity contribution is 5.76. The predicted molar refractivity (Wildman–Crippen MR) is 91.0 cm³/mol. The van der Waals surface area contributed by atoms with E-state index < -0.39 is 5.82 Å². The molecule has 25 heavy (non-hydrogen) atoms. The largest absolute Gasteiger partial charge is 0.349 e. The molecule has 0 bridgehead atoms. The first kappa shape index (κ1) is 18.7. The van der Waals surface area contributed by atoms with E-state index in [0.717, 1.165) is 12.8 Å². The van der Waals surface area contributed by atoms with E-state index >= 15 is 0 Å². The zero-order chi connectivity index (χ0) is 18.4. The van der Waals surface area contributed by atoms with Crippen LogP contribution in [0.4, 0.5) is 9.18 Å². The minimum absolute atomic E-state index is 0.0409. The smallest absolute Gasteiger partial charge is 0.317 e. The van der Waals surface area contributed by atoms with Gasteiger partial charge in [-0.25, -0.2) is 9.18 Å². The molecule has 0 aromatic heterocycles. The average molecular weight is 346 g/mol. The zero-order valence-corrected chi connectivity index (χ0v) is 14.6. The second-order valence-corrected chi connectivity index (χ2v) is 6.50. The lowest BCUT2D eigenvalue weighted by Crippen LogP contribution is -2.44. The maximum Gasteiger partial charge on any atom is 0.317 e. The fourth-order valence-electron chi connectivity index (χ4n) is 2.83. The van der Waals surface area contributed by atoms with Crippen molar-refractivity contribution in [2.75, 3.05) is 27.2 Å². The molecule has 0 unspecified atom stereocenters. The number of amides is 3. The molecule has 0 atom stereocenters. The second kappa shape index (κ2) is 8.47. The molecular weight excluding hydrogens is 323 g/mol. The van der Waals surface area contributed by atoms with E-state index in [4.69, 9.17) is 5.26 Å². The molecule has 7 heteroatoms.